The summed E-state index contributed by atoms with van der Waals surface area (Å²) in [5.74, 6) is 3.14. The molecule has 5 rings (SSSR count). The van der Waals surface area contributed by atoms with Gasteiger partial charge in [-0.2, -0.15) is 0 Å². The molecule has 0 radical (unpaired) electrons. The molecule has 1 aromatic heterocycles. The highest BCUT2D eigenvalue weighted by molar-refractivity contribution is 7.71. The average Bonchev–Trinajstić information content (AvgIpc) is 3.38. The largest absolute Gasteiger partial charge is 0.349 e. The van der Waals surface area contributed by atoms with Crippen molar-refractivity contribution < 1.29 is 4.79 Å². The van der Waals surface area contributed by atoms with Crippen molar-refractivity contribution in [2.45, 2.75) is 44.7 Å². The molecule has 5 unspecified atom stereocenters. The van der Waals surface area contributed by atoms with Crippen LogP contribution in [0.1, 0.15) is 42.5 Å². The maximum atomic E-state index is 12.9. The second-order valence-electron chi connectivity index (χ2n) is 8.63. The van der Waals surface area contributed by atoms with Crippen LogP contribution in [0.4, 0.5) is 0 Å². The molecule has 2 aromatic rings. The maximum Gasteiger partial charge on any atom is 0.262 e. The van der Waals surface area contributed by atoms with Crippen molar-refractivity contribution in [1.29, 1.82) is 0 Å². The zero-order valence-corrected chi connectivity index (χ0v) is 16.6. The molecule has 3 saturated carbocycles. The van der Waals surface area contributed by atoms with Crippen LogP contribution in [0, 0.1) is 28.4 Å². The van der Waals surface area contributed by atoms with Gasteiger partial charge in [0, 0.05) is 18.2 Å². The molecule has 0 saturated heterocycles. The van der Waals surface area contributed by atoms with Crippen molar-refractivity contribution >= 4 is 29.0 Å². The van der Waals surface area contributed by atoms with E-state index in [1.54, 1.807) is 24.3 Å². The predicted octanol–water partition coefficient (Wildman–Crippen LogP) is 3.80. The summed E-state index contributed by atoms with van der Waals surface area (Å²) >= 11 is 5.30. The standard InChI is InChI=1S/C22H25N3O2S/c1-2-8-25-21(27)16-7-6-12(10-18(16)24-22(25)28)20(26)23-19-11-13-9-17(19)15-5-3-4-14(13)15/h2,6-7,10,13-15,17,19H,1,3-5,8-9,11H2,(H,23,26)(H,24,28). The van der Waals surface area contributed by atoms with Crippen molar-refractivity contribution in [3.05, 3.63) is 51.5 Å². The number of amides is 1. The van der Waals surface area contributed by atoms with E-state index < -0.39 is 0 Å². The zero-order valence-electron chi connectivity index (χ0n) is 15.8. The van der Waals surface area contributed by atoms with Crippen molar-refractivity contribution in [2.75, 3.05) is 0 Å². The highest BCUT2D eigenvalue weighted by atomic mass is 32.1. The molecule has 2 bridgehead atoms. The number of nitrogens with zero attached hydrogens (tertiary/aromatic N) is 1. The van der Waals surface area contributed by atoms with E-state index in [4.69, 9.17) is 12.2 Å². The van der Waals surface area contributed by atoms with Gasteiger partial charge in [-0.15, -0.1) is 6.58 Å². The third-order valence-corrected chi connectivity index (χ3v) is 7.62. The van der Waals surface area contributed by atoms with Crippen molar-refractivity contribution in [2.24, 2.45) is 23.7 Å². The van der Waals surface area contributed by atoms with E-state index in [0.29, 0.717) is 39.7 Å². The third-order valence-electron chi connectivity index (χ3n) is 7.30. The number of allylic oxidation sites excluding steroid dienone is 1. The van der Waals surface area contributed by atoms with E-state index in [9.17, 15) is 9.59 Å². The van der Waals surface area contributed by atoms with Crippen LogP contribution < -0.4 is 10.9 Å². The smallest absolute Gasteiger partial charge is 0.262 e. The van der Waals surface area contributed by atoms with E-state index in [1.165, 1.54) is 30.3 Å². The van der Waals surface area contributed by atoms with E-state index >= 15 is 0 Å². The topological polar surface area (TPSA) is 66.9 Å². The lowest BCUT2D eigenvalue weighted by molar-refractivity contribution is 0.0901. The first-order chi connectivity index (χ1) is 13.6. The van der Waals surface area contributed by atoms with Gasteiger partial charge in [-0.1, -0.05) is 12.5 Å². The predicted molar refractivity (Wildman–Crippen MR) is 112 cm³/mol. The van der Waals surface area contributed by atoms with Crippen LogP contribution in [0.15, 0.2) is 35.6 Å². The van der Waals surface area contributed by atoms with Crippen molar-refractivity contribution in [1.82, 2.24) is 14.9 Å². The first kappa shape index (κ1) is 17.9. The van der Waals surface area contributed by atoms with Gasteiger partial charge in [-0.25, -0.2) is 0 Å². The highest BCUT2D eigenvalue weighted by Crippen LogP contribution is 2.58. The van der Waals surface area contributed by atoms with E-state index in [1.807, 2.05) is 0 Å². The molecule has 6 heteroatoms. The maximum absolute atomic E-state index is 12.9. The Morgan fingerprint density at radius 1 is 1.29 bits per heavy atom. The summed E-state index contributed by atoms with van der Waals surface area (Å²) in [6.45, 7) is 4.03. The Bertz CT molecular complexity index is 1090. The lowest BCUT2D eigenvalue weighted by atomic mass is 9.79. The Kier molecular flexibility index (Phi) is 4.27. The van der Waals surface area contributed by atoms with Crippen LogP contribution in [0.2, 0.25) is 0 Å². The Balaban J connectivity index is 1.40. The van der Waals surface area contributed by atoms with Gasteiger partial charge in [0.15, 0.2) is 4.77 Å². The van der Waals surface area contributed by atoms with E-state index in [2.05, 4.69) is 16.9 Å². The lowest BCUT2D eigenvalue weighted by Crippen LogP contribution is -2.42. The quantitative estimate of drug-likeness (QED) is 0.611. The molecule has 1 amide bonds. The molecule has 5 atom stereocenters. The number of aromatic amines is 1. The van der Waals surface area contributed by atoms with E-state index in [-0.39, 0.29) is 11.5 Å². The second-order valence-corrected chi connectivity index (χ2v) is 9.02. The zero-order chi connectivity index (χ0) is 19.4. The first-order valence-electron chi connectivity index (χ1n) is 10.3. The molecule has 3 fully saturated rings. The minimum Gasteiger partial charge on any atom is -0.349 e. The fraction of sp³-hybridized carbons (Fsp3) is 0.500. The number of aromatic nitrogens is 2. The van der Waals surface area contributed by atoms with Gasteiger partial charge in [0.05, 0.1) is 10.9 Å². The summed E-state index contributed by atoms with van der Waals surface area (Å²) in [5, 5.41) is 3.82. The number of hydrogen-bond donors (Lipinski definition) is 2. The fourth-order valence-corrected chi connectivity index (χ4v) is 6.44. The number of H-pyrrole nitrogens is 1. The first-order valence-corrected chi connectivity index (χ1v) is 10.7. The molecule has 28 heavy (non-hydrogen) atoms. The molecular formula is C22H25N3O2S. The number of carbonyl (C=O) groups is 1. The second kappa shape index (κ2) is 6.69. The molecule has 146 valence electrons. The minimum atomic E-state index is -0.161. The van der Waals surface area contributed by atoms with Gasteiger partial charge in [0.1, 0.15) is 0 Å². The molecule has 3 aliphatic carbocycles. The molecular weight excluding hydrogens is 370 g/mol. The minimum absolute atomic E-state index is 0.0522. The van der Waals surface area contributed by atoms with Crippen molar-refractivity contribution in [3.63, 3.8) is 0 Å². The third kappa shape index (κ3) is 2.69. The molecule has 1 heterocycles. The number of carbonyl (C=O) groups excluding carboxylic acids is 1. The molecule has 0 aliphatic heterocycles. The summed E-state index contributed by atoms with van der Waals surface area (Å²) in [6, 6.07) is 5.49. The highest BCUT2D eigenvalue weighted by Gasteiger charge is 2.54. The van der Waals surface area contributed by atoms with Crippen LogP contribution in [0.25, 0.3) is 10.9 Å². The van der Waals surface area contributed by atoms with Crippen LogP contribution in [0.5, 0.6) is 0 Å². The van der Waals surface area contributed by atoms with Crippen molar-refractivity contribution in [3.8, 4) is 0 Å². The summed E-state index contributed by atoms with van der Waals surface area (Å²) < 4.78 is 1.81. The normalized spacial score (nSPS) is 30.5. The fourth-order valence-electron chi connectivity index (χ4n) is 6.18. The molecule has 3 aliphatic rings. The number of benzene rings is 1. The van der Waals surface area contributed by atoms with Gasteiger partial charge in [-0.3, -0.25) is 14.2 Å². The van der Waals surface area contributed by atoms with Gasteiger partial charge < -0.3 is 10.3 Å². The van der Waals surface area contributed by atoms with Gasteiger partial charge >= 0.3 is 0 Å². The summed E-state index contributed by atoms with van der Waals surface area (Å²) in [5.41, 5.74) is 1.02. The molecule has 2 N–H and O–H groups in total. The summed E-state index contributed by atoms with van der Waals surface area (Å²) in [6.07, 6.45) is 8.13. The molecule has 1 aromatic carbocycles. The monoisotopic (exact) mass is 395 g/mol. The molecule has 0 spiro atoms. The summed E-state index contributed by atoms with van der Waals surface area (Å²) in [4.78, 5) is 28.6. The SMILES string of the molecule is C=CCn1c(=S)[nH]c2cc(C(=O)NC3CC4CC3C3CCCC43)ccc2c1=O. The van der Waals surface area contributed by atoms with Gasteiger partial charge in [0.2, 0.25) is 0 Å². The Morgan fingerprint density at radius 3 is 2.93 bits per heavy atom. The number of hydrogen-bond acceptors (Lipinski definition) is 3. The number of nitrogens with one attached hydrogen (secondary N) is 2. The Morgan fingerprint density at radius 2 is 2.11 bits per heavy atom. The van der Waals surface area contributed by atoms with Gasteiger partial charge in [0.25, 0.3) is 11.5 Å². The molecule has 5 nitrogen and oxygen atoms in total. The average molecular weight is 396 g/mol. The van der Waals surface area contributed by atoms with Crippen LogP contribution >= 0.6 is 12.2 Å². The number of rotatable bonds is 4. The Labute approximate surface area is 168 Å². The Hall–Kier alpha value is -2.21. The summed E-state index contributed by atoms with van der Waals surface area (Å²) in [7, 11) is 0. The van der Waals surface area contributed by atoms with E-state index in [0.717, 1.165) is 24.2 Å². The van der Waals surface area contributed by atoms with Crippen LogP contribution in [0.3, 0.4) is 0 Å². The van der Waals surface area contributed by atoms with Gasteiger partial charge in [-0.05, 0) is 79.8 Å². The number of fused-ring (bicyclic) bond motifs is 6. The van der Waals surface area contributed by atoms with Crippen LogP contribution in [-0.2, 0) is 6.54 Å². The lowest BCUT2D eigenvalue weighted by Gasteiger charge is -2.32. The van der Waals surface area contributed by atoms with Crippen LogP contribution in [-0.4, -0.2) is 21.5 Å².